The summed E-state index contributed by atoms with van der Waals surface area (Å²) >= 11 is 0. The fraction of sp³-hybridized carbons (Fsp3) is 0.594. The molecule has 0 fully saturated rings. The second-order valence-corrected chi connectivity index (χ2v) is 11.1. The normalized spacial score (nSPS) is 11.6. The Morgan fingerprint density at radius 2 is 0.826 bits per heavy atom. The Balaban J connectivity index is 1.20. The second-order valence-electron chi connectivity index (χ2n) is 9.49. The minimum Gasteiger partial charge on any atom is -0.460 e. The Morgan fingerprint density at radius 3 is 1.22 bits per heavy atom. The van der Waals surface area contributed by atoms with Crippen molar-refractivity contribution < 1.29 is 60.0 Å². The lowest BCUT2D eigenvalue weighted by atomic mass is 10.2. The van der Waals surface area contributed by atoms with Crippen molar-refractivity contribution in [2.75, 3.05) is 119 Å². The number of benzene rings is 2. The van der Waals surface area contributed by atoms with E-state index in [1.54, 1.807) is 36.4 Å². The summed E-state index contributed by atoms with van der Waals surface area (Å²) in [6, 6.07) is 15.3. The fourth-order valence-electron chi connectivity index (χ4n) is 3.47. The van der Waals surface area contributed by atoms with Crippen LogP contribution in [0.3, 0.4) is 0 Å². The van der Waals surface area contributed by atoms with E-state index in [-0.39, 0.29) is 30.7 Å². The van der Waals surface area contributed by atoms with Gasteiger partial charge in [-0.25, -0.2) is 4.79 Å². The fourth-order valence-corrected chi connectivity index (χ4v) is 4.36. The quantitative estimate of drug-likeness (QED) is 0.0682. The van der Waals surface area contributed by atoms with Crippen LogP contribution < -0.4 is 0 Å². The van der Waals surface area contributed by atoms with Crippen molar-refractivity contribution in [3.8, 4) is 0 Å². The molecular formula is C32H48O13S. The molecule has 0 heterocycles. The van der Waals surface area contributed by atoms with Gasteiger partial charge in [-0.3, -0.25) is 4.18 Å². The lowest BCUT2D eigenvalue weighted by Gasteiger charge is -2.09. The highest BCUT2D eigenvalue weighted by Crippen LogP contribution is 2.13. The van der Waals surface area contributed by atoms with Crippen LogP contribution in [-0.2, 0) is 56.9 Å². The maximum absolute atomic E-state index is 12.1. The number of carbonyl (C=O) groups excluding carboxylic acids is 1. The number of ether oxygens (including phenoxy) is 9. The Morgan fingerprint density at radius 1 is 0.478 bits per heavy atom. The Kier molecular flexibility index (Phi) is 22.9. The predicted octanol–water partition coefficient (Wildman–Crippen LogP) is 2.69. The first-order valence-corrected chi connectivity index (χ1v) is 16.7. The van der Waals surface area contributed by atoms with Gasteiger partial charge < -0.3 is 42.6 Å². The van der Waals surface area contributed by atoms with E-state index >= 15 is 0 Å². The van der Waals surface area contributed by atoms with Crippen molar-refractivity contribution >= 4 is 16.1 Å². The highest BCUT2D eigenvalue weighted by molar-refractivity contribution is 7.86. The molecule has 0 N–H and O–H groups in total. The van der Waals surface area contributed by atoms with Crippen LogP contribution in [0.25, 0.3) is 0 Å². The molecule has 2 rings (SSSR count). The molecular weight excluding hydrogens is 624 g/mol. The Bertz CT molecular complexity index is 1110. The molecule has 0 aliphatic rings. The SMILES string of the molecule is Cc1ccc(S(=O)(=O)OCCOCCOCCOCCOCCOCCOCCOCCOCCOC(=O)c2ccccc2)cc1. The third kappa shape index (κ3) is 20.6. The van der Waals surface area contributed by atoms with Crippen LogP contribution in [0.1, 0.15) is 15.9 Å². The summed E-state index contributed by atoms with van der Waals surface area (Å²) < 4.78 is 77.6. The van der Waals surface area contributed by atoms with E-state index < -0.39 is 10.1 Å². The molecule has 0 spiro atoms. The van der Waals surface area contributed by atoms with E-state index in [1.165, 1.54) is 12.1 Å². The van der Waals surface area contributed by atoms with Gasteiger partial charge >= 0.3 is 5.97 Å². The van der Waals surface area contributed by atoms with E-state index in [0.717, 1.165) is 5.56 Å². The summed E-state index contributed by atoms with van der Waals surface area (Å²) in [6.45, 7) is 8.49. The lowest BCUT2D eigenvalue weighted by molar-refractivity contribution is -0.0247. The van der Waals surface area contributed by atoms with Crippen molar-refractivity contribution in [1.82, 2.24) is 0 Å². The van der Waals surface area contributed by atoms with Gasteiger partial charge in [-0.1, -0.05) is 35.9 Å². The molecule has 0 amide bonds. The van der Waals surface area contributed by atoms with Crippen molar-refractivity contribution in [3.05, 3.63) is 65.7 Å². The molecule has 0 saturated carbocycles. The van der Waals surface area contributed by atoms with Crippen LogP contribution in [0.15, 0.2) is 59.5 Å². The van der Waals surface area contributed by atoms with Crippen LogP contribution in [0.2, 0.25) is 0 Å². The number of esters is 1. The Labute approximate surface area is 272 Å². The van der Waals surface area contributed by atoms with Gasteiger partial charge in [0.1, 0.15) is 6.61 Å². The van der Waals surface area contributed by atoms with Gasteiger partial charge in [0.25, 0.3) is 10.1 Å². The van der Waals surface area contributed by atoms with Crippen molar-refractivity contribution in [2.45, 2.75) is 11.8 Å². The van der Waals surface area contributed by atoms with E-state index in [4.69, 9.17) is 46.8 Å². The maximum atomic E-state index is 12.1. The van der Waals surface area contributed by atoms with Gasteiger partial charge in [0.15, 0.2) is 0 Å². The minimum atomic E-state index is -3.78. The van der Waals surface area contributed by atoms with E-state index in [2.05, 4.69) is 0 Å². The largest absolute Gasteiger partial charge is 0.460 e. The number of rotatable bonds is 30. The van der Waals surface area contributed by atoms with Crippen molar-refractivity contribution in [2.24, 2.45) is 0 Å². The smallest absolute Gasteiger partial charge is 0.338 e. The van der Waals surface area contributed by atoms with Gasteiger partial charge in [0, 0.05) is 0 Å². The molecule has 0 aliphatic carbocycles. The first kappa shape index (κ1) is 39.7. The molecule has 13 nitrogen and oxygen atoms in total. The van der Waals surface area contributed by atoms with Crippen LogP contribution in [0.4, 0.5) is 0 Å². The zero-order chi connectivity index (χ0) is 33.0. The number of carbonyl (C=O) groups is 1. The molecule has 0 aromatic heterocycles. The molecule has 14 heteroatoms. The van der Waals surface area contributed by atoms with E-state index in [0.29, 0.717) is 105 Å². The first-order chi connectivity index (χ1) is 22.5. The molecule has 2 aromatic rings. The standard InChI is InChI=1S/C32H48O13S/c1-29-7-9-31(10-8-29)46(34,35)45-28-26-43-24-22-41-20-18-39-16-14-37-12-11-36-13-15-38-17-19-40-21-23-42-25-27-44-32(33)30-5-3-2-4-6-30/h2-10H,11-28H2,1H3. The highest BCUT2D eigenvalue weighted by atomic mass is 32.2. The zero-order valence-corrected chi connectivity index (χ0v) is 27.5. The van der Waals surface area contributed by atoms with Gasteiger partial charge in [0.2, 0.25) is 0 Å². The molecule has 0 atom stereocenters. The molecule has 0 saturated heterocycles. The molecule has 0 radical (unpaired) electrons. The number of hydrogen-bond acceptors (Lipinski definition) is 13. The lowest BCUT2D eigenvalue weighted by Crippen LogP contribution is -2.16. The summed E-state index contributed by atoms with van der Waals surface area (Å²) in [7, 11) is -3.78. The molecule has 260 valence electrons. The summed E-state index contributed by atoms with van der Waals surface area (Å²) in [5.74, 6) is -0.365. The van der Waals surface area contributed by atoms with Gasteiger partial charge in [-0.15, -0.1) is 0 Å². The monoisotopic (exact) mass is 672 g/mol. The molecule has 2 aromatic carbocycles. The average Bonchev–Trinajstić information content (AvgIpc) is 3.06. The van der Waals surface area contributed by atoms with E-state index in [1.807, 2.05) is 13.0 Å². The number of aryl methyl sites for hydroxylation is 1. The molecule has 0 aliphatic heterocycles. The Hall–Kier alpha value is -2.50. The summed E-state index contributed by atoms with van der Waals surface area (Å²) in [5.41, 5.74) is 1.49. The summed E-state index contributed by atoms with van der Waals surface area (Å²) in [5, 5.41) is 0. The van der Waals surface area contributed by atoms with Crippen LogP contribution in [0.5, 0.6) is 0 Å². The first-order valence-electron chi connectivity index (χ1n) is 15.3. The zero-order valence-electron chi connectivity index (χ0n) is 26.6. The second kappa shape index (κ2) is 26.6. The predicted molar refractivity (Wildman–Crippen MR) is 168 cm³/mol. The number of hydrogen-bond donors (Lipinski definition) is 0. The van der Waals surface area contributed by atoms with E-state index in [9.17, 15) is 13.2 Å². The topological polar surface area (TPSA) is 144 Å². The van der Waals surface area contributed by atoms with Gasteiger partial charge in [-0.2, -0.15) is 8.42 Å². The molecule has 0 bridgehead atoms. The molecule has 0 unspecified atom stereocenters. The summed E-state index contributed by atoms with van der Waals surface area (Å²) in [6.07, 6.45) is 0. The van der Waals surface area contributed by atoms with Gasteiger partial charge in [0.05, 0.1) is 123 Å². The third-order valence-electron chi connectivity index (χ3n) is 5.85. The van der Waals surface area contributed by atoms with Crippen molar-refractivity contribution in [1.29, 1.82) is 0 Å². The minimum absolute atomic E-state index is 0.0639. The maximum Gasteiger partial charge on any atom is 0.338 e. The van der Waals surface area contributed by atoms with Crippen LogP contribution >= 0.6 is 0 Å². The average molecular weight is 673 g/mol. The van der Waals surface area contributed by atoms with Crippen LogP contribution in [-0.4, -0.2) is 133 Å². The van der Waals surface area contributed by atoms with Gasteiger partial charge in [-0.05, 0) is 31.2 Å². The summed E-state index contributed by atoms with van der Waals surface area (Å²) in [4.78, 5) is 11.9. The highest BCUT2D eigenvalue weighted by Gasteiger charge is 2.14. The third-order valence-corrected chi connectivity index (χ3v) is 7.18. The van der Waals surface area contributed by atoms with Crippen LogP contribution in [0, 0.1) is 6.92 Å². The van der Waals surface area contributed by atoms with Crippen molar-refractivity contribution in [3.63, 3.8) is 0 Å². The molecule has 46 heavy (non-hydrogen) atoms.